The zero-order valence-corrected chi connectivity index (χ0v) is 22.4. The molecule has 1 unspecified atom stereocenters. The van der Waals surface area contributed by atoms with Crippen LogP contribution in [0.25, 0.3) is 0 Å². The first kappa shape index (κ1) is 25.1. The minimum atomic E-state index is -0.824. The molecule has 3 aliphatic heterocycles. The van der Waals surface area contributed by atoms with Crippen LogP contribution < -0.4 is 4.74 Å². The molecule has 0 amide bonds. The van der Waals surface area contributed by atoms with Gasteiger partial charge in [-0.2, -0.15) is 0 Å². The van der Waals surface area contributed by atoms with E-state index in [2.05, 4.69) is 11.9 Å². The maximum absolute atomic E-state index is 12.5. The first-order valence-electron chi connectivity index (χ1n) is 14.1. The van der Waals surface area contributed by atoms with Crippen LogP contribution in [0.1, 0.15) is 64.5 Å². The number of likely N-dealkylation sites (tertiary alicyclic amines) is 1. The van der Waals surface area contributed by atoms with E-state index < -0.39 is 11.9 Å². The third-order valence-electron chi connectivity index (χ3n) is 9.97. The van der Waals surface area contributed by atoms with Crippen LogP contribution >= 0.6 is 0 Å². The monoisotopic (exact) mass is 540 g/mol. The van der Waals surface area contributed by atoms with Gasteiger partial charge in [0.05, 0.1) is 11.6 Å². The second-order valence-corrected chi connectivity index (χ2v) is 11.8. The molecule has 8 nitrogen and oxygen atoms in total. The molecular weight excluding hydrogens is 508 g/mol. The smallest absolute Gasteiger partial charge is 0.312 e. The van der Waals surface area contributed by atoms with Crippen molar-refractivity contribution in [3.8, 4) is 11.5 Å². The van der Waals surface area contributed by atoms with Gasteiger partial charge < -0.3 is 24.4 Å². The number of carbonyl (C=O) groups excluding carboxylic acids is 2. The number of nitrogens with zero attached hydrogens (tertiary/aromatic N) is 2. The van der Waals surface area contributed by atoms with E-state index in [1.165, 1.54) is 5.56 Å². The van der Waals surface area contributed by atoms with Crippen LogP contribution in [-0.2, 0) is 28.0 Å². The molecule has 1 saturated heterocycles. The fourth-order valence-corrected chi connectivity index (χ4v) is 8.15. The van der Waals surface area contributed by atoms with E-state index in [-0.39, 0.29) is 28.8 Å². The molecule has 8 heteroatoms. The van der Waals surface area contributed by atoms with Crippen LogP contribution in [0.3, 0.4) is 0 Å². The Morgan fingerprint density at radius 3 is 2.60 bits per heavy atom. The van der Waals surface area contributed by atoms with Crippen LogP contribution in [0.2, 0.25) is 0 Å². The summed E-state index contributed by atoms with van der Waals surface area (Å²) >= 11 is 0. The van der Waals surface area contributed by atoms with Crippen molar-refractivity contribution in [3.63, 3.8) is 0 Å². The molecule has 3 aromatic rings. The van der Waals surface area contributed by atoms with E-state index in [1.54, 1.807) is 30.3 Å². The highest BCUT2D eigenvalue weighted by Crippen LogP contribution is 2.62. The first-order valence-corrected chi connectivity index (χ1v) is 14.1. The normalized spacial score (nSPS) is 29.1. The molecule has 2 aromatic carbocycles. The minimum Gasteiger partial charge on any atom is -0.504 e. The van der Waals surface area contributed by atoms with Crippen molar-refractivity contribution in [1.82, 2.24) is 9.47 Å². The highest BCUT2D eigenvalue weighted by molar-refractivity contribution is 6.08. The van der Waals surface area contributed by atoms with Crippen LogP contribution in [0.15, 0.2) is 54.6 Å². The molecular formula is C32H32N2O6. The molecule has 2 N–H and O–H groups in total. The number of carboxylic acids is 1. The molecule has 8 rings (SSSR count). The predicted molar refractivity (Wildman–Crippen MR) is 146 cm³/mol. The number of hydrogen-bond acceptors (Lipinski definition) is 6. The van der Waals surface area contributed by atoms with Gasteiger partial charge in [-0.1, -0.05) is 36.4 Å². The quantitative estimate of drug-likeness (QED) is 0.485. The second-order valence-electron chi connectivity index (χ2n) is 11.8. The summed E-state index contributed by atoms with van der Waals surface area (Å²) in [6.45, 7) is 1.59. The largest absolute Gasteiger partial charge is 0.504 e. The molecule has 2 fully saturated rings. The van der Waals surface area contributed by atoms with Gasteiger partial charge in [0.25, 0.3) is 0 Å². The molecule has 0 radical (unpaired) electrons. The number of phenols is 1. The number of hydrogen-bond donors (Lipinski definition) is 2. The molecule has 1 aromatic heterocycles. The number of carboxylic acid groups (broad SMARTS) is 1. The minimum absolute atomic E-state index is 0.0575. The SMILES string of the molecule is CN1CC[C@]23c4c5ccc(O)c4O[C@H]2C(=O)CC[C@H]3[C@H]1C5.O=C(c1ccccc1)c1ccc2n1CCC2C(=O)O. The molecule has 5 atom stereocenters. The molecule has 1 saturated carbocycles. The Bertz CT molecular complexity index is 1540. The summed E-state index contributed by atoms with van der Waals surface area (Å²) in [4.78, 5) is 38.4. The number of likely N-dealkylation sites (N-methyl/N-ethyl adjacent to an activating group) is 1. The number of ether oxygens (including phenoxy) is 1. The molecule has 1 spiro atoms. The highest BCUT2D eigenvalue weighted by atomic mass is 16.5. The standard InChI is InChI=1S/C17H19NO3.C15H13NO3/c1-18-7-6-17-10-3-5-13(20)16(17)21-15-12(19)4-2-9(14(15)17)8-11(10)18;17-14(10-4-2-1-3-5-10)13-7-6-12-11(15(18)19)8-9-16(12)13/h2,4,10-11,16,19H,3,5-8H2,1H3;1-7,11H,8-9H2,(H,18,19)/t10-,11+,16-,17-;/m0./s1. The van der Waals surface area contributed by atoms with Gasteiger partial charge in [-0.05, 0) is 69.0 Å². The summed E-state index contributed by atoms with van der Waals surface area (Å²) < 4.78 is 7.87. The Labute approximate surface area is 232 Å². The molecule has 40 heavy (non-hydrogen) atoms. The zero-order valence-electron chi connectivity index (χ0n) is 22.4. The lowest BCUT2D eigenvalue weighted by atomic mass is 9.52. The fourth-order valence-electron chi connectivity index (χ4n) is 8.15. The average molecular weight is 541 g/mol. The van der Waals surface area contributed by atoms with Crippen molar-refractivity contribution in [3.05, 3.63) is 82.7 Å². The summed E-state index contributed by atoms with van der Waals surface area (Å²) in [6.07, 6.45) is 3.74. The number of piperidine rings is 1. The van der Waals surface area contributed by atoms with Gasteiger partial charge in [-0.25, -0.2) is 0 Å². The van der Waals surface area contributed by atoms with Gasteiger partial charge in [-0.15, -0.1) is 0 Å². The van der Waals surface area contributed by atoms with Crippen LogP contribution in [0.4, 0.5) is 0 Å². The van der Waals surface area contributed by atoms with Crippen LogP contribution in [0.5, 0.6) is 11.5 Å². The summed E-state index contributed by atoms with van der Waals surface area (Å²) in [5.41, 5.74) is 4.19. The Balaban J connectivity index is 0.000000133. The van der Waals surface area contributed by atoms with E-state index in [9.17, 15) is 19.5 Å². The Kier molecular flexibility index (Phi) is 5.68. The molecule has 2 bridgehead atoms. The van der Waals surface area contributed by atoms with Crippen molar-refractivity contribution in [2.24, 2.45) is 5.92 Å². The van der Waals surface area contributed by atoms with Crippen molar-refractivity contribution in [2.75, 3.05) is 13.6 Å². The predicted octanol–water partition coefficient (Wildman–Crippen LogP) is 3.92. The number of carbonyl (C=O) groups is 3. The van der Waals surface area contributed by atoms with Crippen LogP contribution in [-0.4, -0.2) is 63.0 Å². The number of aromatic nitrogens is 1. The van der Waals surface area contributed by atoms with E-state index in [0.29, 0.717) is 48.4 Å². The number of aliphatic carboxylic acids is 1. The zero-order chi connectivity index (χ0) is 27.8. The lowest BCUT2D eigenvalue weighted by molar-refractivity contribution is -0.139. The fraction of sp³-hybridized carbons (Fsp3) is 0.406. The van der Waals surface area contributed by atoms with Gasteiger partial charge in [0.15, 0.2) is 23.4 Å². The number of phenolic OH excluding ortho intramolecular Hbond substituents is 1. The number of ketones is 2. The Hall–Kier alpha value is -3.91. The number of rotatable bonds is 3. The summed E-state index contributed by atoms with van der Waals surface area (Å²) in [6, 6.07) is 16.8. The van der Waals surface area contributed by atoms with Gasteiger partial charge >= 0.3 is 5.97 Å². The highest BCUT2D eigenvalue weighted by Gasteiger charge is 2.65. The van der Waals surface area contributed by atoms with Gasteiger partial charge in [0, 0.05) is 41.2 Å². The Morgan fingerprint density at radius 2 is 1.82 bits per heavy atom. The van der Waals surface area contributed by atoms with Gasteiger partial charge in [0.2, 0.25) is 5.78 Å². The first-order chi connectivity index (χ1) is 19.3. The maximum Gasteiger partial charge on any atom is 0.312 e. The van der Waals surface area contributed by atoms with Crippen molar-refractivity contribution in [2.45, 2.75) is 62.1 Å². The number of aromatic hydroxyl groups is 1. The van der Waals surface area contributed by atoms with Gasteiger partial charge in [0.1, 0.15) is 0 Å². The third kappa shape index (κ3) is 3.45. The summed E-state index contributed by atoms with van der Waals surface area (Å²) in [7, 11) is 2.20. The maximum atomic E-state index is 12.5. The molecule has 206 valence electrons. The Morgan fingerprint density at radius 1 is 1.02 bits per heavy atom. The van der Waals surface area contributed by atoms with E-state index in [4.69, 9.17) is 9.84 Å². The number of Topliss-reactive ketones (excluding diaryl/α,β-unsaturated/α-hetero) is 1. The molecule has 2 aliphatic carbocycles. The lowest BCUT2D eigenvalue weighted by Gasteiger charge is -2.57. The van der Waals surface area contributed by atoms with Crippen LogP contribution in [0, 0.1) is 5.92 Å². The van der Waals surface area contributed by atoms with Crippen molar-refractivity contribution < 1.29 is 29.3 Å². The van der Waals surface area contributed by atoms with Crippen molar-refractivity contribution in [1.29, 1.82) is 0 Å². The van der Waals surface area contributed by atoms with Gasteiger partial charge in [-0.3, -0.25) is 14.4 Å². The summed E-state index contributed by atoms with van der Waals surface area (Å²) in [5.74, 6) is 0.125. The molecule has 5 aliphatic rings. The summed E-state index contributed by atoms with van der Waals surface area (Å²) in [5, 5.41) is 19.3. The average Bonchev–Trinajstić information content (AvgIpc) is 3.66. The second kappa shape index (κ2) is 9.06. The third-order valence-corrected chi connectivity index (χ3v) is 9.97. The van der Waals surface area contributed by atoms with E-state index in [0.717, 1.165) is 37.1 Å². The van der Waals surface area contributed by atoms with Crippen molar-refractivity contribution >= 4 is 17.5 Å². The number of benzene rings is 2. The lowest BCUT2D eigenvalue weighted by Crippen LogP contribution is -2.65. The van der Waals surface area contributed by atoms with E-state index >= 15 is 0 Å². The topological polar surface area (TPSA) is 109 Å². The van der Waals surface area contributed by atoms with E-state index in [1.807, 2.05) is 28.8 Å². The molecule has 4 heterocycles. The number of fused-ring (bicyclic) bond motifs is 1.